The standard InChI is InChI=1S/C63H115N11O13/c1-26-28-29-39(13)51(75)50-55(79)66-43(27-2)58(82)68(19)42(16)57(81)72(23)47(33-63(17,18)87)54(78)67-48(37(9)10)61(85)69(20)44(30-34(3)4)53(77)64-40(14)52(76)65-41(15)56(80)70(21)45(31-35(5)6)59(83)71(22)46(32-36(7)8)60(84)73(24)49(38(11)12)62(86)74(50)25/h34-51,75,87H,26-33H2,1-25H3,(H,64,77)(H,65,76)(H,66,79)(H,67,78)/t39-,40+,41-,42-,43+,44+,45+,46+,47+,48+,49+,50+,51-/m1/s1. The van der Waals surface area contributed by atoms with Crippen LogP contribution in [0.5, 0.6) is 0 Å². The fraction of sp³-hybridized carbons (Fsp3) is 0.825. The van der Waals surface area contributed by atoms with E-state index in [0.29, 0.717) is 12.8 Å². The predicted octanol–water partition coefficient (Wildman–Crippen LogP) is 3.00. The first-order valence-corrected chi connectivity index (χ1v) is 31.4. The van der Waals surface area contributed by atoms with Crippen molar-refractivity contribution in [1.82, 2.24) is 55.6 Å². The Morgan fingerprint density at radius 2 is 0.874 bits per heavy atom. The van der Waals surface area contributed by atoms with Gasteiger partial charge in [0, 0.05) is 55.8 Å². The maximum Gasteiger partial charge on any atom is 0.246 e. The van der Waals surface area contributed by atoms with Crippen LogP contribution in [0.2, 0.25) is 0 Å². The molecule has 6 N–H and O–H groups in total. The molecule has 0 radical (unpaired) electrons. The second-order valence-electron chi connectivity index (χ2n) is 27.2. The number of unbranched alkanes of at least 4 members (excludes halogenated alkanes) is 1. The Balaban J connectivity index is 4.40. The molecule has 0 aliphatic carbocycles. The van der Waals surface area contributed by atoms with Crippen molar-refractivity contribution in [3.63, 3.8) is 0 Å². The topological polar surface area (TPSA) is 299 Å². The molecule has 0 saturated carbocycles. The molecule has 1 rings (SSSR count). The molecule has 0 aromatic rings. The molecule has 1 heterocycles. The summed E-state index contributed by atoms with van der Waals surface area (Å²) in [5.74, 6) is -10.1. The van der Waals surface area contributed by atoms with Crippen LogP contribution in [0.25, 0.3) is 0 Å². The highest BCUT2D eigenvalue weighted by atomic mass is 16.3. The number of nitrogens with zero attached hydrogens (tertiary/aromatic N) is 7. The van der Waals surface area contributed by atoms with Gasteiger partial charge in [-0.3, -0.25) is 52.7 Å². The van der Waals surface area contributed by atoms with E-state index in [4.69, 9.17) is 0 Å². The van der Waals surface area contributed by atoms with E-state index in [1.165, 1.54) is 104 Å². The highest BCUT2D eigenvalue weighted by Crippen LogP contribution is 2.26. The number of nitrogens with one attached hydrogen (secondary N) is 4. The second-order valence-corrected chi connectivity index (χ2v) is 27.2. The summed E-state index contributed by atoms with van der Waals surface area (Å²) in [4.78, 5) is 169. The molecule has 0 spiro atoms. The van der Waals surface area contributed by atoms with Crippen LogP contribution in [0.4, 0.5) is 0 Å². The van der Waals surface area contributed by atoms with Gasteiger partial charge in [-0.15, -0.1) is 0 Å². The van der Waals surface area contributed by atoms with E-state index < -0.39 is 161 Å². The van der Waals surface area contributed by atoms with E-state index in [1.807, 2.05) is 48.5 Å². The summed E-state index contributed by atoms with van der Waals surface area (Å²) in [5.41, 5.74) is -1.56. The Morgan fingerprint density at radius 1 is 0.448 bits per heavy atom. The van der Waals surface area contributed by atoms with Crippen molar-refractivity contribution in [1.29, 1.82) is 0 Å². The van der Waals surface area contributed by atoms with Gasteiger partial charge in [0.15, 0.2) is 0 Å². The molecule has 13 atom stereocenters. The fourth-order valence-corrected chi connectivity index (χ4v) is 11.1. The van der Waals surface area contributed by atoms with Crippen LogP contribution >= 0.6 is 0 Å². The molecule has 1 aliphatic rings. The lowest BCUT2D eigenvalue weighted by atomic mass is 9.90. The van der Waals surface area contributed by atoms with E-state index >= 15 is 9.59 Å². The third-order valence-electron chi connectivity index (χ3n) is 16.8. The largest absolute Gasteiger partial charge is 0.390 e. The van der Waals surface area contributed by atoms with Crippen LogP contribution in [0, 0.1) is 35.5 Å². The molecule has 24 heteroatoms. The molecule has 500 valence electrons. The van der Waals surface area contributed by atoms with Crippen LogP contribution < -0.4 is 21.3 Å². The van der Waals surface area contributed by atoms with Gasteiger partial charge in [-0.25, -0.2) is 0 Å². The zero-order valence-corrected chi connectivity index (χ0v) is 57.6. The van der Waals surface area contributed by atoms with Crippen molar-refractivity contribution < 1.29 is 63.0 Å². The maximum absolute atomic E-state index is 15.2. The second kappa shape index (κ2) is 34.7. The quantitative estimate of drug-likeness (QED) is 0.130. The van der Waals surface area contributed by atoms with Crippen molar-refractivity contribution in [3.05, 3.63) is 0 Å². The molecule has 87 heavy (non-hydrogen) atoms. The highest BCUT2D eigenvalue weighted by Gasteiger charge is 2.46. The SMILES string of the molecule is CCCC[C@@H](C)[C@@H](O)[C@H]1C(=O)N[C@@H](CC)C(=O)N(C)[C@H](C)C(=O)N(C)[C@@H](CC(C)(C)O)C(=O)N[C@@H](C(C)C)C(=O)N(C)[C@@H](CC(C)C)C(=O)N[C@@H](C)C(=O)N[C@H](C)C(=O)N(C)[C@@H](CC(C)C)C(=O)N(C)[C@@H](CC(C)C)C(=O)N(C)[C@@H](C(C)C)C(=O)N1C. The van der Waals surface area contributed by atoms with Crippen molar-refractivity contribution in [2.45, 2.75) is 254 Å². The van der Waals surface area contributed by atoms with Gasteiger partial charge >= 0.3 is 0 Å². The van der Waals surface area contributed by atoms with Crippen LogP contribution in [-0.2, 0) is 52.7 Å². The van der Waals surface area contributed by atoms with Crippen molar-refractivity contribution in [2.24, 2.45) is 35.5 Å². The molecule has 0 unspecified atom stereocenters. The van der Waals surface area contributed by atoms with E-state index in [9.17, 15) is 53.4 Å². The minimum atomic E-state index is -1.61. The van der Waals surface area contributed by atoms with Crippen molar-refractivity contribution in [2.75, 3.05) is 49.3 Å². The average Bonchev–Trinajstić information content (AvgIpc) is 3.00. The Hall–Kier alpha value is -5.91. The molecule has 11 amide bonds. The first kappa shape index (κ1) is 79.1. The van der Waals surface area contributed by atoms with Crippen molar-refractivity contribution >= 4 is 65.0 Å². The first-order chi connectivity index (χ1) is 39.9. The molecule has 24 nitrogen and oxygen atoms in total. The van der Waals surface area contributed by atoms with Crippen LogP contribution in [0.3, 0.4) is 0 Å². The monoisotopic (exact) mass is 1230 g/mol. The van der Waals surface area contributed by atoms with Gasteiger partial charge in [-0.2, -0.15) is 0 Å². The van der Waals surface area contributed by atoms with Crippen molar-refractivity contribution in [3.8, 4) is 0 Å². The summed E-state index contributed by atoms with van der Waals surface area (Å²) < 4.78 is 0. The molecular formula is C63H115N11O13. The summed E-state index contributed by atoms with van der Waals surface area (Å²) in [6.07, 6.45) is 0.521. The highest BCUT2D eigenvalue weighted by molar-refractivity contribution is 6.00. The van der Waals surface area contributed by atoms with Gasteiger partial charge in [-0.1, -0.05) is 103 Å². The minimum absolute atomic E-state index is 0.00954. The van der Waals surface area contributed by atoms with Gasteiger partial charge in [0.05, 0.1) is 11.7 Å². The van der Waals surface area contributed by atoms with E-state index in [1.54, 1.807) is 41.5 Å². The molecule has 0 aromatic carbocycles. The summed E-state index contributed by atoms with van der Waals surface area (Å²) in [5, 5.41) is 34.2. The van der Waals surface area contributed by atoms with Crippen LogP contribution in [0.15, 0.2) is 0 Å². The molecule has 0 bridgehead atoms. The molecular weight excluding hydrogens is 1120 g/mol. The number of aliphatic hydroxyl groups is 2. The van der Waals surface area contributed by atoms with Gasteiger partial charge in [0.1, 0.15) is 66.5 Å². The normalized spacial score (nSPS) is 27.5. The first-order valence-electron chi connectivity index (χ1n) is 31.4. The summed E-state index contributed by atoms with van der Waals surface area (Å²) in [7, 11) is 9.76. The number of hydrogen-bond donors (Lipinski definition) is 6. The summed E-state index contributed by atoms with van der Waals surface area (Å²) in [6, 6.07) is -14.2. The zero-order valence-electron chi connectivity index (χ0n) is 57.6. The average molecular weight is 1230 g/mol. The summed E-state index contributed by atoms with van der Waals surface area (Å²) >= 11 is 0. The Kier molecular flexibility index (Phi) is 31.6. The van der Waals surface area contributed by atoms with E-state index in [2.05, 4.69) is 21.3 Å². The molecule has 0 aromatic heterocycles. The van der Waals surface area contributed by atoms with E-state index in [0.717, 1.165) is 21.1 Å². The van der Waals surface area contributed by atoms with Gasteiger partial charge in [-0.05, 0) is 102 Å². The third-order valence-corrected chi connectivity index (χ3v) is 16.8. The lowest BCUT2D eigenvalue weighted by Gasteiger charge is -2.41. The lowest BCUT2D eigenvalue weighted by Crippen LogP contribution is -2.64. The number of likely N-dealkylation sites (N-methyl/N-ethyl adjacent to an activating group) is 7. The smallest absolute Gasteiger partial charge is 0.246 e. The Labute approximate surface area is 520 Å². The number of hydrogen-bond acceptors (Lipinski definition) is 13. The fourth-order valence-electron chi connectivity index (χ4n) is 11.1. The number of carbonyl (C=O) groups is 11. The molecule has 1 aliphatic heterocycles. The molecule has 1 saturated heterocycles. The zero-order chi connectivity index (χ0) is 67.8. The maximum atomic E-state index is 15.2. The number of amides is 11. The summed E-state index contributed by atoms with van der Waals surface area (Å²) in [6.45, 7) is 30.5. The lowest BCUT2D eigenvalue weighted by molar-refractivity contribution is -0.157. The number of aliphatic hydroxyl groups excluding tert-OH is 1. The number of rotatable bonds is 16. The van der Waals surface area contributed by atoms with Gasteiger partial charge in [0.2, 0.25) is 65.0 Å². The van der Waals surface area contributed by atoms with Gasteiger partial charge < -0.3 is 65.8 Å². The van der Waals surface area contributed by atoms with Crippen LogP contribution in [0.1, 0.15) is 176 Å². The van der Waals surface area contributed by atoms with E-state index in [-0.39, 0.29) is 49.9 Å². The minimum Gasteiger partial charge on any atom is -0.390 e. The Bertz CT molecular complexity index is 2360. The van der Waals surface area contributed by atoms with Gasteiger partial charge in [0.25, 0.3) is 0 Å². The third kappa shape index (κ3) is 22.0. The number of carbonyl (C=O) groups excluding carboxylic acids is 11. The Morgan fingerprint density at radius 3 is 1.32 bits per heavy atom. The predicted molar refractivity (Wildman–Crippen MR) is 335 cm³/mol. The molecule has 1 fully saturated rings. The van der Waals surface area contributed by atoms with Crippen LogP contribution in [-0.4, -0.2) is 237 Å².